The zero-order valence-corrected chi connectivity index (χ0v) is 17.7. The fourth-order valence-corrected chi connectivity index (χ4v) is 5.11. The van der Waals surface area contributed by atoms with E-state index in [1.807, 2.05) is 18.2 Å². The summed E-state index contributed by atoms with van der Waals surface area (Å²) in [5, 5.41) is 12.1. The molecule has 7 heteroatoms. The molecular formula is C24H26N4O3. The second-order valence-electron chi connectivity index (χ2n) is 8.61. The van der Waals surface area contributed by atoms with Gasteiger partial charge in [-0.25, -0.2) is 4.98 Å². The number of nitrogens with one attached hydrogen (secondary N) is 1. The molecule has 1 N–H and O–H groups in total. The van der Waals surface area contributed by atoms with Crippen LogP contribution in [-0.2, 0) is 10.2 Å². The smallest absolute Gasteiger partial charge is 0.235 e. The molecule has 1 saturated heterocycles. The lowest BCUT2D eigenvalue weighted by Crippen LogP contribution is -2.46. The molecule has 0 radical (unpaired) electrons. The van der Waals surface area contributed by atoms with Gasteiger partial charge in [0.2, 0.25) is 5.91 Å². The Kier molecular flexibility index (Phi) is 4.93. The van der Waals surface area contributed by atoms with E-state index in [4.69, 9.17) is 14.7 Å². The first kappa shape index (κ1) is 19.7. The van der Waals surface area contributed by atoms with Gasteiger partial charge in [0.05, 0.1) is 24.2 Å². The lowest BCUT2D eigenvalue weighted by atomic mass is 9.73. The van der Waals surface area contributed by atoms with Gasteiger partial charge in [0.15, 0.2) is 11.5 Å². The third kappa shape index (κ3) is 3.36. The van der Waals surface area contributed by atoms with E-state index in [0.717, 1.165) is 29.9 Å². The number of hydrogen-bond donors (Lipinski definition) is 1. The highest BCUT2D eigenvalue weighted by atomic mass is 16.5. The lowest BCUT2D eigenvalue weighted by molar-refractivity contribution is -0.121. The Labute approximate surface area is 182 Å². The van der Waals surface area contributed by atoms with Crippen molar-refractivity contribution in [1.29, 1.82) is 5.26 Å². The fourth-order valence-electron chi connectivity index (χ4n) is 5.11. The number of hydrogen-bond acceptors (Lipinski definition) is 6. The SMILES string of the molecule is COc1cc2c(cc1OC1CCCC1)NC(=O)C21CCN(c2ccc(C#N)cn2)CC1. The Bertz CT molecular complexity index is 1030. The van der Waals surface area contributed by atoms with Gasteiger partial charge in [-0.2, -0.15) is 5.26 Å². The van der Waals surface area contributed by atoms with Crippen molar-refractivity contribution in [3.63, 3.8) is 0 Å². The Morgan fingerprint density at radius 2 is 1.97 bits per heavy atom. The molecule has 7 nitrogen and oxygen atoms in total. The predicted molar refractivity (Wildman–Crippen MR) is 117 cm³/mol. The van der Waals surface area contributed by atoms with Crippen LogP contribution in [0.1, 0.15) is 49.7 Å². The molecule has 0 atom stereocenters. The molecule has 3 heterocycles. The highest BCUT2D eigenvalue weighted by Gasteiger charge is 2.49. The maximum Gasteiger partial charge on any atom is 0.235 e. The third-order valence-electron chi connectivity index (χ3n) is 6.92. The molecule has 160 valence electrons. The van der Waals surface area contributed by atoms with Crippen LogP contribution in [0.25, 0.3) is 0 Å². The molecule has 1 amide bonds. The lowest BCUT2D eigenvalue weighted by Gasteiger charge is -2.38. The summed E-state index contributed by atoms with van der Waals surface area (Å²) in [6.45, 7) is 1.43. The van der Waals surface area contributed by atoms with Crippen molar-refractivity contribution in [2.45, 2.75) is 50.0 Å². The van der Waals surface area contributed by atoms with E-state index in [1.54, 1.807) is 19.4 Å². The van der Waals surface area contributed by atoms with Gasteiger partial charge >= 0.3 is 0 Å². The molecule has 1 aromatic heterocycles. The van der Waals surface area contributed by atoms with E-state index in [-0.39, 0.29) is 12.0 Å². The van der Waals surface area contributed by atoms with Crippen LogP contribution in [0.15, 0.2) is 30.5 Å². The highest BCUT2D eigenvalue weighted by Crippen LogP contribution is 2.49. The average Bonchev–Trinajstić information content (AvgIpc) is 3.40. The summed E-state index contributed by atoms with van der Waals surface area (Å²) in [7, 11) is 1.65. The van der Waals surface area contributed by atoms with Gasteiger partial charge in [0, 0.05) is 31.0 Å². The molecule has 1 aromatic carbocycles. The summed E-state index contributed by atoms with van der Waals surface area (Å²) in [6, 6.07) is 9.68. The fraction of sp³-hybridized carbons (Fsp3) is 0.458. The van der Waals surface area contributed by atoms with E-state index in [1.165, 1.54) is 12.8 Å². The highest BCUT2D eigenvalue weighted by molar-refractivity contribution is 6.07. The Morgan fingerprint density at radius 1 is 1.19 bits per heavy atom. The van der Waals surface area contributed by atoms with Gasteiger partial charge in [0.25, 0.3) is 0 Å². The van der Waals surface area contributed by atoms with Gasteiger partial charge in [-0.15, -0.1) is 0 Å². The number of ether oxygens (including phenoxy) is 2. The molecule has 2 fully saturated rings. The maximum atomic E-state index is 13.1. The minimum absolute atomic E-state index is 0.0509. The molecule has 1 aliphatic carbocycles. The quantitative estimate of drug-likeness (QED) is 0.813. The molecule has 1 spiro atoms. The van der Waals surface area contributed by atoms with E-state index < -0.39 is 5.41 Å². The van der Waals surface area contributed by atoms with Crippen molar-refractivity contribution < 1.29 is 14.3 Å². The standard InChI is InChI=1S/C24H26N4O3/c1-30-20-12-18-19(13-21(20)31-17-4-2-3-5-17)27-23(29)24(18)8-10-28(11-9-24)22-7-6-16(14-25)15-26-22/h6-7,12-13,15,17H,2-5,8-11H2,1H3,(H,27,29). The number of nitrogens with zero attached hydrogens (tertiary/aromatic N) is 3. The van der Waals surface area contributed by atoms with Crippen molar-refractivity contribution in [3.8, 4) is 17.6 Å². The van der Waals surface area contributed by atoms with Crippen molar-refractivity contribution >= 4 is 17.4 Å². The van der Waals surface area contributed by atoms with Crippen LogP contribution in [-0.4, -0.2) is 37.2 Å². The summed E-state index contributed by atoms with van der Waals surface area (Å²) < 4.78 is 11.9. The number of amides is 1. The number of aromatic nitrogens is 1. The zero-order chi connectivity index (χ0) is 21.4. The second-order valence-corrected chi connectivity index (χ2v) is 8.61. The van der Waals surface area contributed by atoms with Crippen LogP contribution in [0.4, 0.5) is 11.5 Å². The molecule has 0 bridgehead atoms. The summed E-state index contributed by atoms with van der Waals surface area (Å²) in [4.78, 5) is 19.7. The number of benzene rings is 1. The number of anilines is 2. The molecule has 3 aliphatic rings. The van der Waals surface area contributed by atoms with E-state index in [0.29, 0.717) is 43.0 Å². The topological polar surface area (TPSA) is 87.5 Å². The number of piperidine rings is 1. The normalized spacial score (nSPS) is 19.7. The maximum absolute atomic E-state index is 13.1. The predicted octanol–water partition coefficient (Wildman–Crippen LogP) is 3.77. The first-order valence-corrected chi connectivity index (χ1v) is 10.9. The Balaban J connectivity index is 1.39. The third-order valence-corrected chi connectivity index (χ3v) is 6.92. The van der Waals surface area contributed by atoms with E-state index in [9.17, 15) is 4.79 Å². The minimum Gasteiger partial charge on any atom is -0.493 e. The van der Waals surface area contributed by atoms with Crippen molar-refractivity contribution in [2.75, 3.05) is 30.4 Å². The number of rotatable bonds is 4. The first-order valence-electron chi connectivity index (χ1n) is 10.9. The molecule has 31 heavy (non-hydrogen) atoms. The van der Waals surface area contributed by atoms with Crippen LogP contribution in [0.5, 0.6) is 11.5 Å². The monoisotopic (exact) mass is 418 g/mol. The number of fused-ring (bicyclic) bond motifs is 2. The molecule has 2 aliphatic heterocycles. The number of methoxy groups -OCH3 is 1. The van der Waals surface area contributed by atoms with E-state index in [2.05, 4.69) is 21.3 Å². The Morgan fingerprint density at radius 3 is 2.61 bits per heavy atom. The van der Waals surface area contributed by atoms with Crippen molar-refractivity contribution in [3.05, 3.63) is 41.6 Å². The van der Waals surface area contributed by atoms with Gasteiger partial charge in [-0.3, -0.25) is 4.79 Å². The number of carbonyl (C=O) groups is 1. The van der Waals surface area contributed by atoms with Gasteiger partial charge in [-0.05, 0) is 62.3 Å². The minimum atomic E-state index is -0.558. The second kappa shape index (κ2) is 7.77. The molecule has 0 unspecified atom stereocenters. The van der Waals surface area contributed by atoms with Crippen LogP contribution in [0.2, 0.25) is 0 Å². The first-order chi connectivity index (χ1) is 15.1. The zero-order valence-electron chi connectivity index (χ0n) is 17.7. The molecular weight excluding hydrogens is 392 g/mol. The van der Waals surface area contributed by atoms with Crippen LogP contribution < -0.4 is 19.7 Å². The van der Waals surface area contributed by atoms with Gasteiger partial charge in [-0.1, -0.05) is 0 Å². The number of carbonyl (C=O) groups excluding carboxylic acids is 1. The molecule has 5 rings (SSSR count). The van der Waals surface area contributed by atoms with Crippen LogP contribution in [0.3, 0.4) is 0 Å². The summed E-state index contributed by atoms with van der Waals surface area (Å²) in [5.41, 5.74) is 1.82. The van der Waals surface area contributed by atoms with Crippen molar-refractivity contribution in [1.82, 2.24) is 4.98 Å². The van der Waals surface area contributed by atoms with Crippen LogP contribution >= 0.6 is 0 Å². The molecule has 2 aromatic rings. The largest absolute Gasteiger partial charge is 0.493 e. The summed E-state index contributed by atoms with van der Waals surface area (Å²) in [5.74, 6) is 2.29. The summed E-state index contributed by atoms with van der Waals surface area (Å²) >= 11 is 0. The average molecular weight is 418 g/mol. The molecule has 1 saturated carbocycles. The summed E-state index contributed by atoms with van der Waals surface area (Å²) in [6.07, 6.45) is 7.73. The Hall–Kier alpha value is -3.27. The van der Waals surface area contributed by atoms with E-state index >= 15 is 0 Å². The van der Waals surface area contributed by atoms with Gasteiger partial charge < -0.3 is 19.7 Å². The van der Waals surface area contributed by atoms with Crippen LogP contribution in [0, 0.1) is 11.3 Å². The van der Waals surface area contributed by atoms with Gasteiger partial charge in [0.1, 0.15) is 11.9 Å². The number of nitriles is 1. The van der Waals surface area contributed by atoms with Crippen molar-refractivity contribution in [2.24, 2.45) is 0 Å². The number of pyridine rings is 1.